The van der Waals surface area contributed by atoms with E-state index in [0.717, 1.165) is 12.8 Å². The molecule has 0 fully saturated rings. The number of carbonyl (C=O) groups excluding carboxylic acids is 1. The number of furan rings is 1. The summed E-state index contributed by atoms with van der Waals surface area (Å²) in [6.07, 6.45) is 4.86. The van der Waals surface area contributed by atoms with Crippen LogP contribution in [0, 0.1) is 0 Å². The Labute approximate surface area is 97.2 Å². The first-order valence-corrected chi connectivity index (χ1v) is 5.62. The van der Waals surface area contributed by atoms with Crippen LogP contribution in [0.3, 0.4) is 0 Å². The van der Waals surface area contributed by atoms with Gasteiger partial charge in [0.15, 0.2) is 4.67 Å². The lowest BCUT2D eigenvalue weighted by molar-refractivity contribution is -0.137. The van der Waals surface area contributed by atoms with Crippen LogP contribution in [0.5, 0.6) is 0 Å². The van der Waals surface area contributed by atoms with Crippen molar-refractivity contribution >= 4 is 28.0 Å². The second-order valence-corrected chi connectivity index (χ2v) is 3.78. The molecule has 82 valence electrons. The molecule has 1 aromatic rings. The normalized spacial score (nSPS) is 10.8. The van der Waals surface area contributed by atoms with Crippen molar-refractivity contribution < 1.29 is 13.9 Å². The van der Waals surface area contributed by atoms with Crippen LogP contribution in [0.25, 0.3) is 6.08 Å². The minimum absolute atomic E-state index is 0.337. The second-order valence-electron chi connectivity index (χ2n) is 3.00. The molecule has 0 aliphatic carbocycles. The highest BCUT2D eigenvalue weighted by Crippen LogP contribution is 2.14. The first kappa shape index (κ1) is 12.0. The van der Waals surface area contributed by atoms with Gasteiger partial charge in [-0.05, 0) is 40.6 Å². The maximum absolute atomic E-state index is 11.1. The van der Waals surface area contributed by atoms with Crippen molar-refractivity contribution in [1.29, 1.82) is 0 Å². The minimum Gasteiger partial charge on any atom is -0.463 e. The van der Waals surface area contributed by atoms with Gasteiger partial charge >= 0.3 is 5.97 Å². The fourth-order valence-electron chi connectivity index (χ4n) is 0.933. The van der Waals surface area contributed by atoms with E-state index in [1.165, 1.54) is 6.08 Å². The third kappa shape index (κ3) is 4.83. The van der Waals surface area contributed by atoms with Crippen LogP contribution in [0.2, 0.25) is 0 Å². The van der Waals surface area contributed by atoms with E-state index < -0.39 is 0 Å². The number of rotatable bonds is 5. The Bertz CT molecular complexity index is 341. The fraction of sp³-hybridized carbons (Fsp3) is 0.364. The molecule has 0 aliphatic heterocycles. The molecular formula is C11H13BrO3. The molecule has 0 radical (unpaired) electrons. The SMILES string of the molecule is CCCCOC(=O)/C=C/c1ccc(Br)o1. The molecule has 0 saturated heterocycles. The molecule has 4 heteroatoms. The lowest BCUT2D eigenvalue weighted by Gasteiger charge is -1.98. The Kier molecular flexibility index (Phi) is 5.18. The van der Waals surface area contributed by atoms with Gasteiger partial charge < -0.3 is 9.15 Å². The largest absolute Gasteiger partial charge is 0.463 e. The van der Waals surface area contributed by atoms with Gasteiger partial charge in [-0.1, -0.05) is 13.3 Å². The lowest BCUT2D eigenvalue weighted by atomic mass is 10.3. The zero-order chi connectivity index (χ0) is 11.1. The van der Waals surface area contributed by atoms with E-state index in [1.54, 1.807) is 18.2 Å². The molecule has 1 aromatic heterocycles. The fourth-order valence-corrected chi connectivity index (χ4v) is 1.25. The third-order valence-electron chi connectivity index (χ3n) is 1.72. The van der Waals surface area contributed by atoms with E-state index in [-0.39, 0.29) is 5.97 Å². The number of halogens is 1. The van der Waals surface area contributed by atoms with Gasteiger partial charge in [0.05, 0.1) is 6.61 Å². The zero-order valence-electron chi connectivity index (χ0n) is 8.53. The van der Waals surface area contributed by atoms with Crippen molar-refractivity contribution in [3.8, 4) is 0 Å². The molecule has 0 saturated carbocycles. The Morgan fingerprint density at radius 3 is 3.00 bits per heavy atom. The highest BCUT2D eigenvalue weighted by atomic mass is 79.9. The van der Waals surface area contributed by atoms with Crippen molar-refractivity contribution in [2.45, 2.75) is 19.8 Å². The smallest absolute Gasteiger partial charge is 0.330 e. The third-order valence-corrected chi connectivity index (χ3v) is 2.15. The molecule has 0 bridgehead atoms. The van der Waals surface area contributed by atoms with Gasteiger partial charge in [-0.3, -0.25) is 0 Å². The Hall–Kier alpha value is -1.03. The van der Waals surface area contributed by atoms with Crippen molar-refractivity contribution in [1.82, 2.24) is 0 Å². The highest BCUT2D eigenvalue weighted by molar-refractivity contribution is 9.10. The summed E-state index contributed by atoms with van der Waals surface area (Å²) in [5, 5.41) is 0. The predicted octanol–water partition coefficient (Wildman–Crippen LogP) is 3.40. The molecule has 0 amide bonds. The molecule has 1 heterocycles. The Balaban J connectivity index is 2.34. The number of hydrogen-bond acceptors (Lipinski definition) is 3. The summed E-state index contributed by atoms with van der Waals surface area (Å²) in [6, 6.07) is 3.53. The summed E-state index contributed by atoms with van der Waals surface area (Å²) in [5.41, 5.74) is 0. The van der Waals surface area contributed by atoms with Crippen molar-refractivity contribution in [2.75, 3.05) is 6.61 Å². The van der Waals surface area contributed by atoms with Gasteiger partial charge in [-0.15, -0.1) is 0 Å². The molecule has 1 rings (SSSR count). The molecule has 15 heavy (non-hydrogen) atoms. The number of esters is 1. The summed E-state index contributed by atoms with van der Waals surface area (Å²) in [4.78, 5) is 11.1. The standard InChI is InChI=1S/C11H13BrO3/c1-2-3-8-14-11(13)7-5-9-4-6-10(12)15-9/h4-7H,2-3,8H2,1H3/b7-5+. The number of unbranched alkanes of at least 4 members (excludes halogenated alkanes) is 1. The maximum atomic E-state index is 11.1. The summed E-state index contributed by atoms with van der Waals surface area (Å²) in [6.45, 7) is 2.52. The number of ether oxygens (including phenoxy) is 1. The van der Waals surface area contributed by atoms with Crippen LogP contribution >= 0.6 is 15.9 Å². The minimum atomic E-state index is -0.337. The number of carbonyl (C=O) groups is 1. The average molecular weight is 273 g/mol. The Morgan fingerprint density at radius 2 is 2.40 bits per heavy atom. The predicted molar refractivity (Wildman–Crippen MR) is 61.3 cm³/mol. The molecule has 0 aliphatic rings. The van der Waals surface area contributed by atoms with Crippen molar-refractivity contribution in [3.63, 3.8) is 0 Å². The lowest BCUT2D eigenvalue weighted by Crippen LogP contribution is -2.01. The summed E-state index contributed by atoms with van der Waals surface area (Å²) >= 11 is 3.17. The topological polar surface area (TPSA) is 39.4 Å². The van der Waals surface area contributed by atoms with E-state index in [9.17, 15) is 4.79 Å². The van der Waals surface area contributed by atoms with Crippen LogP contribution in [0.4, 0.5) is 0 Å². The average Bonchev–Trinajstić information content (AvgIpc) is 2.62. The quantitative estimate of drug-likeness (QED) is 0.469. The van der Waals surface area contributed by atoms with E-state index in [4.69, 9.17) is 9.15 Å². The monoisotopic (exact) mass is 272 g/mol. The van der Waals surface area contributed by atoms with Gasteiger partial charge in [0.1, 0.15) is 5.76 Å². The Morgan fingerprint density at radius 1 is 1.60 bits per heavy atom. The van der Waals surface area contributed by atoms with Crippen LogP contribution in [-0.2, 0) is 9.53 Å². The molecule has 0 aromatic carbocycles. The van der Waals surface area contributed by atoms with E-state index in [2.05, 4.69) is 15.9 Å². The molecule has 0 unspecified atom stereocenters. The summed E-state index contributed by atoms with van der Waals surface area (Å²) in [7, 11) is 0. The van der Waals surface area contributed by atoms with Crippen LogP contribution < -0.4 is 0 Å². The zero-order valence-corrected chi connectivity index (χ0v) is 10.1. The molecule has 0 N–H and O–H groups in total. The summed E-state index contributed by atoms with van der Waals surface area (Å²) in [5.74, 6) is 0.283. The first-order chi connectivity index (χ1) is 7.22. The van der Waals surface area contributed by atoms with Crippen molar-refractivity contribution in [2.24, 2.45) is 0 Å². The van der Waals surface area contributed by atoms with Crippen LogP contribution in [0.1, 0.15) is 25.5 Å². The number of hydrogen-bond donors (Lipinski definition) is 0. The van der Waals surface area contributed by atoms with E-state index in [0.29, 0.717) is 17.0 Å². The van der Waals surface area contributed by atoms with Gasteiger partial charge in [0.2, 0.25) is 0 Å². The van der Waals surface area contributed by atoms with Gasteiger partial charge in [0, 0.05) is 6.08 Å². The second kappa shape index (κ2) is 6.45. The molecule has 0 atom stereocenters. The maximum Gasteiger partial charge on any atom is 0.330 e. The van der Waals surface area contributed by atoms with Gasteiger partial charge in [-0.25, -0.2) is 4.79 Å². The van der Waals surface area contributed by atoms with Crippen LogP contribution in [-0.4, -0.2) is 12.6 Å². The first-order valence-electron chi connectivity index (χ1n) is 4.82. The molecular weight excluding hydrogens is 260 g/mol. The summed E-state index contributed by atoms with van der Waals surface area (Å²) < 4.78 is 10.8. The molecule has 3 nitrogen and oxygen atoms in total. The van der Waals surface area contributed by atoms with Gasteiger partial charge in [-0.2, -0.15) is 0 Å². The van der Waals surface area contributed by atoms with Crippen molar-refractivity contribution in [3.05, 3.63) is 28.6 Å². The highest BCUT2D eigenvalue weighted by Gasteiger charge is 1.98. The van der Waals surface area contributed by atoms with Crippen LogP contribution in [0.15, 0.2) is 27.3 Å². The van der Waals surface area contributed by atoms with Gasteiger partial charge in [0.25, 0.3) is 0 Å². The van der Waals surface area contributed by atoms with E-state index in [1.807, 2.05) is 6.92 Å². The molecule has 0 spiro atoms. The van der Waals surface area contributed by atoms with E-state index >= 15 is 0 Å².